The van der Waals surface area contributed by atoms with E-state index in [4.69, 9.17) is 0 Å². The van der Waals surface area contributed by atoms with E-state index in [2.05, 4.69) is 5.32 Å². The van der Waals surface area contributed by atoms with E-state index in [1.165, 1.54) is 17.0 Å². The van der Waals surface area contributed by atoms with Gasteiger partial charge in [-0.15, -0.1) is 0 Å². The third kappa shape index (κ3) is 5.12. The highest BCUT2D eigenvalue weighted by Gasteiger charge is 2.49. The van der Waals surface area contributed by atoms with Gasteiger partial charge < -0.3 is 15.3 Å². The molecule has 1 saturated heterocycles. The number of nitrogens with one attached hydrogen (secondary N) is 1. The van der Waals surface area contributed by atoms with E-state index in [1.54, 1.807) is 6.07 Å². The average Bonchev–Trinajstić information content (AvgIpc) is 3.23. The molecule has 3 atom stereocenters. The van der Waals surface area contributed by atoms with E-state index in [0.29, 0.717) is 0 Å². The molecular weight excluding hydrogens is 445 g/mol. The van der Waals surface area contributed by atoms with Crippen LogP contribution in [0.1, 0.15) is 61.3 Å². The SMILES string of the molecule is O=C(O)C1CC(NCc2ccccc2C(F)(F)F)C(c2ccccc2)N1C(=O)C1CCCCC1. The van der Waals surface area contributed by atoms with Gasteiger partial charge in [0.15, 0.2) is 0 Å². The van der Waals surface area contributed by atoms with Crippen LogP contribution in [0.5, 0.6) is 0 Å². The Bertz CT molecular complexity index is 1010. The number of carboxylic acid groups (broad SMARTS) is 1. The first-order valence-electron chi connectivity index (χ1n) is 11.8. The number of nitrogens with zero attached hydrogens (tertiary/aromatic N) is 1. The maximum Gasteiger partial charge on any atom is 0.416 e. The largest absolute Gasteiger partial charge is 0.480 e. The maximum atomic E-state index is 13.6. The van der Waals surface area contributed by atoms with Crippen LogP contribution in [0.2, 0.25) is 0 Å². The van der Waals surface area contributed by atoms with Gasteiger partial charge in [0, 0.05) is 18.5 Å². The van der Waals surface area contributed by atoms with Gasteiger partial charge in [-0.25, -0.2) is 4.79 Å². The van der Waals surface area contributed by atoms with Crippen LogP contribution < -0.4 is 5.32 Å². The lowest BCUT2D eigenvalue weighted by Gasteiger charge is -2.35. The predicted octanol–water partition coefficient (Wildman–Crippen LogP) is 5.17. The van der Waals surface area contributed by atoms with Crippen molar-refractivity contribution in [3.05, 3.63) is 71.3 Å². The number of rotatable bonds is 6. The van der Waals surface area contributed by atoms with Crippen LogP contribution in [0, 0.1) is 5.92 Å². The Morgan fingerprint density at radius 1 is 0.971 bits per heavy atom. The summed E-state index contributed by atoms with van der Waals surface area (Å²) in [4.78, 5) is 27.3. The summed E-state index contributed by atoms with van der Waals surface area (Å²) in [6.07, 6.45) is 0.0558. The van der Waals surface area contributed by atoms with Crippen LogP contribution in [0.4, 0.5) is 13.2 Å². The number of carbonyl (C=O) groups is 2. The third-order valence-electron chi connectivity index (χ3n) is 7.01. The molecule has 0 aromatic heterocycles. The fraction of sp³-hybridized carbons (Fsp3) is 0.462. The number of amides is 1. The number of hydrogen-bond donors (Lipinski definition) is 2. The van der Waals surface area contributed by atoms with Crippen LogP contribution in [0.15, 0.2) is 54.6 Å². The number of carboxylic acids is 1. The molecule has 3 unspecified atom stereocenters. The zero-order valence-electron chi connectivity index (χ0n) is 18.8. The lowest BCUT2D eigenvalue weighted by Crippen LogP contribution is -2.46. The summed E-state index contributed by atoms with van der Waals surface area (Å²) in [6, 6.07) is 12.4. The van der Waals surface area contributed by atoms with E-state index in [1.807, 2.05) is 30.3 Å². The van der Waals surface area contributed by atoms with Gasteiger partial charge in [-0.1, -0.05) is 67.8 Å². The van der Waals surface area contributed by atoms with Crippen molar-refractivity contribution in [2.45, 2.75) is 69.4 Å². The molecule has 1 saturated carbocycles. The van der Waals surface area contributed by atoms with Gasteiger partial charge >= 0.3 is 12.1 Å². The number of likely N-dealkylation sites (tertiary alicyclic amines) is 1. The normalized spacial score (nSPS) is 23.7. The summed E-state index contributed by atoms with van der Waals surface area (Å²) in [6.45, 7) is -0.0819. The molecule has 4 rings (SSSR count). The summed E-state index contributed by atoms with van der Waals surface area (Å²) in [7, 11) is 0. The Labute approximate surface area is 197 Å². The van der Waals surface area contributed by atoms with Crippen molar-refractivity contribution in [1.29, 1.82) is 0 Å². The van der Waals surface area contributed by atoms with E-state index in [-0.39, 0.29) is 30.4 Å². The quantitative estimate of drug-likeness (QED) is 0.606. The van der Waals surface area contributed by atoms with E-state index >= 15 is 0 Å². The topological polar surface area (TPSA) is 69.6 Å². The Balaban J connectivity index is 1.65. The van der Waals surface area contributed by atoms with E-state index in [0.717, 1.165) is 43.7 Å². The minimum atomic E-state index is -4.49. The van der Waals surface area contributed by atoms with Gasteiger partial charge in [0.1, 0.15) is 6.04 Å². The first kappa shape index (κ1) is 24.3. The smallest absolute Gasteiger partial charge is 0.416 e. The second-order valence-corrected chi connectivity index (χ2v) is 9.17. The summed E-state index contributed by atoms with van der Waals surface area (Å²) in [5.41, 5.74) is 0.143. The Hall–Kier alpha value is -2.87. The van der Waals surface area contributed by atoms with Crippen molar-refractivity contribution in [3.63, 3.8) is 0 Å². The van der Waals surface area contributed by atoms with Crippen LogP contribution in [-0.4, -0.2) is 34.0 Å². The number of halogens is 3. The second kappa shape index (κ2) is 10.2. The number of aliphatic carboxylic acids is 1. The zero-order valence-corrected chi connectivity index (χ0v) is 18.8. The van der Waals surface area contributed by atoms with Gasteiger partial charge in [0.05, 0.1) is 11.6 Å². The highest BCUT2D eigenvalue weighted by atomic mass is 19.4. The standard InChI is InChI=1S/C26H29F3N2O3/c27-26(28,29)20-14-8-7-13-19(20)16-30-21-15-22(25(33)34)31(23(21)17-9-3-1-4-10-17)24(32)18-11-5-2-6-12-18/h1,3-4,7-10,13-14,18,21-23,30H,2,5-6,11-12,15-16H2,(H,33,34). The lowest BCUT2D eigenvalue weighted by atomic mass is 9.87. The summed E-state index contributed by atoms with van der Waals surface area (Å²) < 4.78 is 40.4. The van der Waals surface area contributed by atoms with Crippen LogP contribution in [0.3, 0.4) is 0 Å². The molecule has 1 amide bonds. The molecule has 2 aliphatic rings. The Morgan fingerprint density at radius 3 is 2.26 bits per heavy atom. The van der Waals surface area contributed by atoms with Gasteiger partial charge in [0.25, 0.3) is 0 Å². The molecule has 34 heavy (non-hydrogen) atoms. The molecule has 1 aliphatic heterocycles. The predicted molar refractivity (Wildman–Crippen MR) is 121 cm³/mol. The highest BCUT2D eigenvalue weighted by molar-refractivity contribution is 5.86. The van der Waals surface area contributed by atoms with E-state index in [9.17, 15) is 27.9 Å². The number of benzene rings is 2. The summed E-state index contributed by atoms with van der Waals surface area (Å²) in [5, 5.41) is 13.2. The van der Waals surface area contributed by atoms with Crippen molar-refractivity contribution in [3.8, 4) is 0 Å². The number of alkyl halides is 3. The van der Waals surface area contributed by atoms with Crippen LogP contribution in [-0.2, 0) is 22.3 Å². The molecule has 1 heterocycles. The molecule has 5 nitrogen and oxygen atoms in total. The molecule has 0 radical (unpaired) electrons. The average molecular weight is 475 g/mol. The molecule has 182 valence electrons. The van der Waals surface area contributed by atoms with Crippen molar-refractivity contribution >= 4 is 11.9 Å². The molecule has 0 bridgehead atoms. The molecule has 2 aromatic carbocycles. The summed E-state index contributed by atoms with van der Waals surface area (Å²) in [5.74, 6) is -1.47. The number of hydrogen-bond acceptors (Lipinski definition) is 3. The zero-order chi connectivity index (χ0) is 24.3. The molecule has 0 spiro atoms. The molecule has 2 aromatic rings. The minimum Gasteiger partial charge on any atom is -0.480 e. The first-order valence-corrected chi connectivity index (χ1v) is 11.8. The monoisotopic (exact) mass is 474 g/mol. The lowest BCUT2D eigenvalue weighted by molar-refractivity contribution is -0.152. The van der Waals surface area contributed by atoms with Gasteiger partial charge in [-0.05, 0) is 36.5 Å². The minimum absolute atomic E-state index is 0.0819. The van der Waals surface area contributed by atoms with Crippen molar-refractivity contribution in [1.82, 2.24) is 10.2 Å². The first-order chi connectivity index (χ1) is 16.3. The number of carbonyl (C=O) groups excluding carboxylic acids is 1. The third-order valence-corrected chi connectivity index (χ3v) is 7.01. The van der Waals surface area contributed by atoms with Crippen molar-refractivity contribution < 1.29 is 27.9 Å². The summed E-state index contributed by atoms with van der Waals surface area (Å²) >= 11 is 0. The molecule has 2 fully saturated rings. The molecular formula is C26H29F3N2O3. The molecule has 1 aliphatic carbocycles. The van der Waals surface area contributed by atoms with Crippen molar-refractivity contribution in [2.75, 3.05) is 0 Å². The molecule has 2 N–H and O–H groups in total. The highest BCUT2D eigenvalue weighted by Crippen LogP contribution is 2.40. The fourth-order valence-electron chi connectivity index (χ4n) is 5.37. The second-order valence-electron chi connectivity index (χ2n) is 9.17. The van der Waals surface area contributed by atoms with Gasteiger partial charge in [0.2, 0.25) is 5.91 Å². The Morgan fingerprint density at radius 2 is 1.62 bits per heavy atom. The molecule has 8 heteroatoms. The maximum absolute atomic E-state index is 13.6. The van der Waals surface area contributed by atoms with E-state index < -0.39 is 35.8 Å². The van der Waals surface area contributed by atoms with Crippen molar-refractivity contribution in [2.24, 2.45) is 5.92 Å². The van der Waals surface area contributed by atoms with Crippen LogP contribution >= 0.6 is 0 Å². The van der Waals surface area contributed by atoms with Gasteiger partial charge in [-0.3, -0.25) is 4.79 Å². The van der Waals surface area contributed by atoms with Crippen LogP contribution in [0.25, 0.3) is 0 Å². The fourth-order valence-corrected chi connectivity index (χ4v) is 5.37. The Kier molecular flexibility index (Phi) is 7.26. The van der Waals surface area contributed by atoms with Gasteiger partial charge in [-0.2, -0.15) is 13.2 Å².